The topological polar surface area (TPSA) is 21.3 Å². The fourth-order valence-corrected chi connectivity index (χ4v) is 2.34. The molecule has 2 aromatic carbocycles. The fraction of sp³-hybridized carbons (Fsp3) is 0.333. The summed E-state index contributed by atoms with van der Waals surface area (Å²) in [5, 5.41) is 3.41. The highest BCUT2D eigenvalue weighted by atomic mass is 19.1. The van der Waals surface area contributed by atoms with Gasteiger partial charge < -0.3 is 10.1 Å². The molecule has 0 radical (unpaired) electrons. The van der Waals surface area contributed by atoms with Crippen molar-refractivity contribution in [2.24, 2.45) is 0 Å². The molecule has 1 fully saturated rings. The minimum absolute atomic E-state index is 0.178. The molecule has 1 unspecified atom stereocenters. The standard InChI is InChI=1S/C18H20FNO/c1-13(14-6-3-2-4-7-14)21-18-15(8-5-9-17(18)19)12-20-16-10-11-16/h2-9,13,16,20H,10-12H2,1H3. The van der Waals surface area contributed by atoms with Gasteiger partial charge in [-0.3, -0.25) is 0 Å². The number of nitrogens with one attached hydrogen (secondary N) is 1. The summed E-state index contributed by atoms with van der Waals surface area (Å²) in [6, 6.07) is 15.6. The molecule has 0 aromatic heterocycles. The minimum atomic E-state index is -0.298. The molecular formula is C18H20FNO. The maximum Gasteiger partial charge on any atom is 0.165 e. The molecule has 1 N–H and O–H groups in total. The van der Waals surface area contributed by atoms with E-state index in [0.717, 1.165) is 11.1 Å². The van der Waals surface area contributed by atoms with Crippen LogP contribution in [0.1, 0.15) is 37.0 Å². The third-order valence-electron chi connectivity index (χ3n) is 3.77. The second kappa shape index (κ2) is 6.27. The molecular weight excluding hydrogens is 265 g/mol. The van der Waals surface area contributed by atoms with Gasteiger partial charge in [0.25, 0.3) is 0 Å². The van der Waals surface area contributed by atoms with Gasteiger partial charge in [-0.1, -0.05) is 42.5 Å². The SMILES string of the molecule is CC(Oc1c(F)cccc1CNC1CC1)c1ccccc1. The van der Waals surface area contributed by atoms with E-state index in [2.05, 4.69) is 5.32 Å². The predicted octanol–water partition coefficient (Wildman–Crippen LogP) is 4.22. The Morgan fingerprint density at radius 1 is 1.14 bits per heavy atom. The summed E-state index contributed by atoms with van der Waals surface area (Å²) in [5.74, 6) is 0.0647. The number of hydrogen-bond donors (Lipinski definition) is 1. The number of halogens is 1. The Kier molecular flexibility index (Phi) is 4.20. The molecule has 3 rings (SSSR count). The molecule has 1 aliphatic rings. The zero-order valence-corrected chi connectivity index (χ0v) is 12.2. The molecule has 0 spiro atoms. The molecule has 1 saturated carbocycles. The first-order valence-electron chi connectivity index (χ1n) is 7.46. The van der Waals surface area contributed by atoms with E-state index in [1.165, 1.54) is 18.9 Å². The van der Waals surface area contributed by atoms with Crippen LogP contribution in [0.4, 0.5) is 4.39 Å². The van der Waals surface area contributed by atoms with Crippen LogP contribution >= 0.6 is 0 Å². The monoisotopic (exact) mass is 285 g/mol. The molecule has 2 aromatic rings. The Morgan fingerprint density at radius 3 is 2.62 bits per heavy atom. The van der Waals surface area contributed by atoms with Gasteiger partial charge in [0.15, 0.2) is 11.6 Å². The summed E-state index contributed by atoms with van der Waals surface area (Å²) in [6.45, 7) is 2.60. The quantitative estimate of drug-likeness (QED) is 0.858. The first kappa shape index (κ1) is 14.1. The van der Waals surface area contributed by atoms with E-state index < -0.39 is 0 Å². The Hall–Kier alpha value is -1.87. The van der Waals surface area contributed by atoms with Gasteiger partial charge in [0, 0.05) is 18.2 Å². The summed E-state index contributed by atoms with van der Waals surface area (Å²) < 4.78 is 20.0. The Labute approximate surface area is 125 Å². The number of rotatable bonds is 6. The van der Waals surface area contributed by atoms with Crippen molar-refractivity contribution in [3.05, 3.63) is 65.5 Å². The van der Waals surface area contributed by atoms with Crippen LogP contribution in [0.3, 0.4) is 0 Å². The molecule has 0 saturated heterocycles. The van der Waals surface area contributed by atoms with E-state index in [4.69, 9.17) is 4.74 Å². The van der Waals surface area contributed by atoms with Crippen LogP contribution in [-0.2, 0) is 6.54 Å². The van der Waals surface area contributed by atoms with Gasteiger partial charge in [0.05, 0.1) is 0 Å². The van der Waals surface area contributed by atoms with Gasteiger partial charge in [-0.2, -0.15) is 0 Å². The van der Waals surface area contributed by atoms with Gasteiger partial charge in [0.2, 0.25) is 0 Å². The molecule has 2 nitrogen and oxygen atoms in total. The Bertz CT molecular complexity index is 595. The molecule has 1 aliphatic carbocycles. The van der Waals surface area contributed by atoms with Gasteiger partial charge in [-0.25, -0.2) is 4.39 Å². The first-order valence-corrected chi connectivity index (χ1v) is 7.46. The fourth-order valence-electron chi connectivity index (χ4n) is 2.34. The minimum Gasteiger partial charge on any atom is -0.483 e. The van der Waals surface area contributed by atoms with Gasteiger partial charge >= 0.3 is 0 Å². The number of para-hydroxylation sites is 1. The lowest BCUT2D eigenvalue weighted by atomic mass is 10.1. The van der Waals surface area contributed by atoms with Crippen molar-refractivity contribution >= 4 is 0 Å². The van der Waals surface area contributed by atoms with Crippen molar-refractivity contribution in [2.75, 3.05) is 0 Å². The number of benzene rings is 2. The molecule has 0 amide bonds. The molecule has 3 heteroatoms. The molecule has 0 bridgehead atoms. The second-order valence-corrected chi connectivity index (χ2v) is 5.55. The normalized spacial score (nSPS) is 15.7. The van der Waals surface area contributed by atoms with Crippen molar-refractivity contribution in [2.45, 2.75) is 38.5 Å². The third kappa shape index (κ3) is 3.61. The molecule has 21 heavy (non-hydrogen) atoms. The summed E-state index contributed by atoms with van der Waals surface area (Å²) in [4.78, 5) is 0. The smallest absolute Gasteiger partial charge is 0.165 e. The van der Waals surface area contributed by atoms with Crippen LogP contribution in [0.15, 0.2) is 48.5 Å². The van der Waals surface area contributed by atoms with E-state index in [9.17, 15) is 4.39 Å². The maximum absolute atomic E-state index is 14.1. The number of hydrogen-bond acceptors (Lipinski definition) is 2. The van der Waals surface area contributed by atoms with Crippen molar-refractivity contribution in [1.29, 1.82) is 0 Å². The van der Waals surface area contributed by atoms with E-state index in [0.29, 0.717) is 18.3 Å². The van der Waals surface area contributed by atoms with Crippen LogP contribution in [0.5, 0.6) is 5.75 Å². The van der Waals surface area contributed by atoms with E-state index in [-0.39, 0.29) is 11.9 Å². The van der Waals surface area contributed by atoms with Gasteiger partial charge in [0.1, 0.15) is 6.10 Å². The highest BCUT2D eigenvalue weighted by molar-refractivity contribution is 5.36. The first-order chi connectivity index (χ1) is 10.2. The highest BCUT2D eigenvalue weighted by Crippen LogP contribution is 2.29. The van der Waals surface area contributed by atoms with Crippen LogP contribution in [0, 0.1) is 5.82 Å². The van der Waals surface area contributed by atoms with Crippen molar-refractivity contribution < 1.29 is 9.13 Å². The maximum atomic E-state index is 14.1. The zero-order chi connectivity index (χ0) is 14.7. The van der Waals surface area contributed by atoms with E-state index in [1.807, 2.05) is 43.3 Å². The molecule has 0 heterocycles. The van der Waals surface area contributed by atoms with Gasteiger partial charge in [-0.15, -0.1) is 0 Å². The molecule has 1 atom stereocenters. The second-order valence-electron chi connectivity index (χ2n) is 5.55. The largest absolute Gasteiger partial charge is 0.483 e. The summed E-state index contributed by atoms with van der Waals surface area (Å²) in [5.41, 5.74) is 1.92. The average molecular weight is 285 g/mol. The van der Waals surface area contributed by atoms with Crippen molar-refractivity contribution in [1.82, 2.24) is 5.32 Å². The van der Waals surface area contributed by atoms with Crippen molar-refractivity contribution in [3.8, 4) is 5.75 Å². The van der Waals surface area contributed by atoms with Crippen LogP contribution < -0.4 is 10.1 Å². The zero-order valence-electron chi connectivity index (χ0n) is 12.2. The van der Waals surface area contributed by atoms with Crippen LogP contribution in [0.2, 0.25) is 0 Å². The van der Waals surface area contributed by atoms with Crippen LogP contribution in [0.25, 0.3) is 0 Å². The van der Waals surface area contributed by atoms with Gasteiger partial charge in [-0.05, 0) is 31.4 Å². The predicted molar refractivity (Wildman–Crippen MR) is 81.7 cm³/mol. The third-order valence-corrected chi connectivity index (χ3v) is 3.77. The van der Waals surface area contributed by atoms with Crippen LogP contribution in [-0.4, -0.2) is 6.04 Å². The lowest BCUT2D eigenvalue weighted by Crippen LogP contribution is -2.17. The van der Waals surface area contributed by atoms with E-state index in [1.54, 1.807) is 6.07 Å². The van der Waals surface area contributed by atoms with E-state index >= 15 is 0 Å². The lowest BCUT2D eigenvalue weighted by Gasteiger charge is -2.18. The molecule has 110 valence electrons. The highest BCUT2D eigenvalue weighted by Gasteiger charge is 2.21. The lowest BCUT2D eigenvalue weighted by molar-refractivity contribution is 0.213. The average Bonchev–Trinajstić information content (AvgIpc) is 3.33. The Balaban J connectivity index is 1.76. The Morgan fingerprint density at radius 2 is 1.90 bits per heavy atom. The van der Waals surface area contributed by atoms with Crippen molar-refractivity contribution in [3.63, 3.8) is 0 Å². The summed E-state index contributed by atoms with van der Waals surface area (Å²) >= 11 is 0. The summed E-state index contributed by atoms with van der Waals surface area (Å²) in [7, 11) is 0. The molecule has 0 aliphatic heterocycles. The summed E-state index contributed by atoms with van der Waals surface area (Å²) in [6.07, 6.45) is 2.25. The number of ether oxygens (including phenoxy) is 1.